The van der Waals surface area contributed by atoms with Crippen LogP contribution in [0.4, 0.5) is 5.69 Å². The van der Waals surface area contributed by atoms with Gasteiger partial charge in [0.1, 0.15) is 11.5 Å². The molecule has 0 atom stereocenters. The Morgan fingerprint density at radius 2 is 1.67 bits per heavy atom. The van der Waals surface area contributed by atoms with Crippen molar-refractivity contribution >= 4 is 23.4 Å². The van der Waals surface area contributed by atoms with Gasteiger partial charge in [0.25, 0.3) is 0 Å². The second kappa shape index (κ2) is 7.59. The molecule has 110 valence electrons. The molecule has 0 aromatic heterocycles. The normalized spacial score (nSPS) is 10.0. The van der Waals surface area contributed by atoms with Crippen LogP contribution >= 0.6 is 11.8 Å². The summed E-state index contributed by atoms with van der Waals surface area (Å²) < 4.78 is 10.3. The van der Waals surface area contributed by atoms with Gasteiger partial charge in [0.2, 0.25) is 5.91 Å². The molecule has 0 unspecified atom stereocenters. The minimum absolute atomic E-state index is 0.0702. The van der Waals surface area contributed by atoms with E-state index in [0.717, 1.165) is 4.90 Å². The maximum atomic E-state index is 12.0. The van der Waals surface area contributed by atoms with Crippen molar-refractivity contribution in [3.63, 3.8) is 0 Å². The Morgan fingerprint density at radius 3 is 2.24 bits per heavy atom. The number of rotatable bonds is 6. The molecule has 0 aliphatic heterocycles. The van der Waals surface area contributed by atoms with Crippen LogP contribution in [-0.4, -0.2) is 25.9 Å². The first-order valence-corrected chi connectivity index (χ1v) is 7.40. The minimum Gasteiger partial charge on any atom is -0.497 e. The molecule has 5 heteroatoms. The molecule has 1 N–H and O–H groups in total. The lowest BCUT2D eigenvalue weighted by Crippen LogP contribution is -2.14. The summed E-state index contributed by atoms with van der Waals surface area (Å²) in [4.78, 5) is 13.0. The molecule has 0 saturated heterocycles. The summed E-state index contributed by atoms with van der Waals surface area (Å²) in [5.74, 6) is 1.56. The van der Waals surface area contributed by atoms with Crippen molar-refractivity contribution in [1.29, 1.82) is 0 Å². The SMILES string of the molecule is COc1cc(NC(=O)CSc2ccccc2)cc(OC)c1. The first kappa shape index (κ1) is 15.3. The fourth-order valence-electron chi connectivity index (χ4n) is 1.74. The van der Waals surface area contributed by atoms with E-state index in [0.29, 0.717) is 22.9 Å². The van der Waals surface area contributed by atoms with Crippen LogP contribution in [0, 0.1) is 0 Å². The number of hydrogen-bond donors (Lipinski definition) is 1. The summed E-state index contributed by atoms with van der Waals surface area (Å²) in [6.45, 7) is 0. The standard InChI is InChI=1S/C16H17NO3S/c1-19-13-8-12(9-14(10-13)20-2)17-16(18)11-21-15-6-4-3-5-7-15/h3-10H,11H2,1-2H3,(H,17,18). The number of ether oxygens (including phenoxy) is 2. The number of methoxy groups -OCH3 is 2. The van der Waals surface area contributed by atoms with E-state index in [9.17, 15) is 4.79 Å². The predicted molar refractivity (Wildman–Crippen MR) is 85.3 cm³/mol. The topological polar surface area (TPSA) is 47.6 Å². The van der Waals surface area contributed by atoms with Gasteiger partial charge < -0.3 is 14.8 Å². The van der Waals surface area contributed by atoms with Gasteiger partial charge in [0.15, 0.2) is 0 Å². The fraction of sp³-hybridized carbons (Fsp3) is 0.188. The summed E-state index contributed by atoms with van der Waals surface area (Å²) in [6.07, 6.45) is 0. The molecule has 2 aromatic rings. The monoisotopic (exact) mass is 303 g/mol. The number of carbonyl (C=O) groups excluding carboxylic acids is 1. The zero-order valence-corrected chi connectivity index (χ0v) is 12.8. The fourth-order valence-corrected chi connectivity index (χ4v) is 2.46. The highest BCUT2D eigenvalue weighted by Crippen LogP contribution is 2.26. The van der Waals surface area contributed by atoms with Gasteiger partial charge in [-0.25, -0.2) is 0 Å². The van der Waals surface area contributed by atoms with Gasteiger partial charge in [-0.1, -0.05) is 18.2 Å². The maximum Gasteiger partial charge on any atom is 0.234 e. The molecule has 1 amide bonds. The number of nitrogens with one attached hydrogen (secondary N) is 1. The van der Waals surface area contributed by atoms with E-state index >= 15 is 0 Å². The number of carbonyl (C=O) groups is 1. The van der Waals surface area contributed by atoms with Gasteiger partial charge in [0.05, 0.1) is 20.0 Å². The summed E-state index contributed by atoms with van der Waals surface area (Å²) in [5, 5.41) is 2.84. The summed E-state index contributed by atoms with van der Waals surface area (Å²) in [6, 6.07) is 15.1. The third kappa shape index (κ3) is 4.72. The Bertz CT molecular complexity index is 579. The van der Waals surface area contributed by atoms with E-state index in [4.69, 9.17) is 9.47 Å². The zero-order chi connectivity index (χ0) is 15.1. The Morgan fingerprint density at radius 1 is 1.05 bits per heavy atom. The highest BCUT2D eigenvalue weighted by molar-refractivity contribution is 8.00. The molecular formula is C16H17NO3S. The lowest BCUT2D eigenvalue weighted by Gasteiger charge is -2.09. The summed E-state index contributed by atoms with van der Waals surface area (Å²) in [7, 11) is 3.15. The van der Waals surface area contributed by atoms with E-state index in [2.05, 4.69) is 5.32 Å². The van der Waals surface area contributed by atoms with Gasteiger partial charge >= 0.3 is 0 Å². The molecule has 0 heterocycles. The molecule has 4 nitrogen and oxygen atoms in total. The van der Waals surface area contributed by atoms with Crippen molar-refractivity contribution in [3.8, 4) is 11.5 Å². The molecule has 0 fully saturated rings. The van der Waals surface area contributed by atoms with Crippen molar-refractivity contribution in [2.75, 3.05) is 25.3 Å². The predicted octanol–water partition coefficient (Wildman–Crippen LogP) is 3.43. The molecule has 0 aliphatic rings. The Labute approximate surface area is 128 Å². The van der Waals surface area contributed by atoms with Crippen molar-refractivity contribution in [2.45, 2.75) is 4.90 Å². The van der Waals surface area contributed by atoms with Crippen LogP contribution in [0.15, 0.2) is 53.4 Å². The molecular weight excluding hydrogens is 286 g/mol. The maximum absolute atomic E-state index is 12.0. The molecule has 0 bridgehead atoms. The van der Waals surface area contributed by atoms with E-state index in [1.807, 2.05) is 30.3 Å². The summed E-state index contributed by atoms with van der Waals surface area (Å²) in [5.41, 5.74) is 0.657. The van der Waals surface area contributed by atoms with Crippen LogP contribution in [0.5, 0.6) is 11.5 Å². The first-order valence-electron chi connectivity index (χ1n) is 6.42. The number of benzene rings is 2. The van der Waals surface area contributed by atoms with Gasteiger partial charge in [0, 0.05) is 28.8 Å². The molecule has 0 spiro atoms. The van der Waals surface area contributed by atoms with Crippen molar-refractivity contribution in [2.24, 2.45) is 0 Å². The smallest absolute Gasteiger partial charge is 0.234 e. The first-order chi connectivity index (χ1) is 10.2. The lowest BCUT2D eigenvalue weighted by molar-refractivity contribution is -0.113. The molecule has 2 rings (SSSR count). The second-order valence-corrected chi connectivity index (χ2v) is 5.30. The lowest BCUT2D eigenvalue weighted by atomic mass is 10.2. The highest BCUT2D eigenvalue weighted by atomic mass is 32.2. The molecule has 0 aliphatic carbocycles. The van der Waals surface area contributed by atoms with E-state index in [1.165, 1.54) is 11.8 Å². The van der Waals surface area contributed by atoms with E-state index in [1.54, 1.807) is 32.4 Å². The van der Waals surface area contributed by atoms with E-state index < -0.39 is 0 Å². The van der Waals surface area contributed by atoms with Crippen LogP contribution < -0.4 is 14.8 Å². The quantitative estimate of drug-likeness (QED) is 0.831. The highest BCUT2D eigenvalue weighted by Gasteiger charge is 2.07. The van der Waals surface area contributed by atoms with E-state index in [-0.39, 0.29) is 5.91 Å². The van der Waals surface area contributed by atoms with Crippen LogP contribution in [0.2, 0.25) is 0 Å². The zero-order valence-electron chi connectivity index (χ0n) is 12.0. The van der Waals surface area contributed by atoms with Gasteiger partial charge in [-0.2, -0.15) is 0 Å². The van der Waals surface area contributed by atoms with Gasteiger partial charge in [-0.15, -0.1) is 11.8 Å². The van der Waals surface area contributed by atoms with Crippen molar-refractivity contribution in [3.05, 3.63) is 48.5 Å². The third-order valence-corrected chi connectivity index (χ3v) is 3.76. The second-order valence-electron chi connectivity index (χ2n) is 4.25. The molecule has 0 radical (unpaired) electrons. The van der Waals surface area contributed by atoms with Crippen LogP contribution in [0.3, 0.4) is 0 Å². The van der Waals surface area contributed by atoms with Gasteiger partial charge in [-0.3, -0.25) is 4.79 Å². The molecule has 0 saturated carbocycles. The Balaban J connectivity index is 1.96. The van der Waals surface area contributed by atoms with Gasteiger partial charge in [-0.05, 0) is 12.1 Å². The van der Waals surface area contributed by atoms with Crippen LogP contribution in [0.25, 0.3) is 0 Å². The molecule has 2 aromatic carbocycles. The minimum atomic E-state index is -0.0702. The van der Waals surface area contributed by atoms with Crippen LogP contribution in [-0.2, 0) is 4.79 Å². The largest absolute Gasteiger partial charge is 0.497 e. The summed E-state index contributed by atoms with van der Waals surface area (Å²) >= 11 is 1.49. The number of amides is 1. The number of hydrogen-bond acceptors (Lipinski definition) is 4. The molecule has 21 heavy (non-hydrogen) atoms. The third-order valence-electron chi connectivity index (χ3n) is 2.75. The number of thioether (sulfide) groups is 1. The number of anilines is 1. The van der Waals surface area contributed by atoms with Crippen molar-refractivity contribution in [1.82, 2.24) is 0 Å². The van der Waals surface area contributed by atoms with Crippen molar-refractivity contribution < 1.29 is 14.3 Å². The Kier molecular flexibility index (Phi) is 5.51. The average Bonchev–Trinajstić information content (AvgIpc) is 2.53. The Hall–Kier alpha value is -2.14. The van der Waals surface area contributed by atoms with Crippen LogP contribution in [0.1, 0.15) is 0 Å². The average molecular weight is 303 g/mol.